The van der Waals surface area contributed by atoms with E-state index in [2.05, 4.69) is 11.9 Å². The van der Waals surface area contributed by atoms with Gasteiger partial charge in [-0.2, -0.15) is 8.42 Å². The van der Waals surface area contributed by atoms with Crippen molar-refractivity contribution in [3.63, 3.8) is 0 Å². The van der Waals surface area contributed by atoms with Gasteiger partial charge in [0.2, 0.25) is 0 Å². The molecule has 9 nitrogen and oxygen atoms in total. The summed E-state index contributed by atoms with van der Waals surface area (Å²) in [4.78, 5) is 11.2. The number of ether oxygens (including phenoxy) is 4. The van der Waals surface area contributed by atoms with Crippen LogP contribution in [0.5, 0.6) is 0 Å². The lowest BCUT2D eigenvalue weighted by molar-refractivity contribution is 0.0102. The van der Waals surface area contributed by atoms with E-state index in [1.807, 2.05) is 6.92 Å². The van der Waals surface area contributed by atoms with Crippen LogP contribution in [0.25, 0.3) is 0 Å². The van der Waals surface area contributed by atoms with Gasteiger partial charge < -0.3 is 24.3 Å². The minimum Gasteiger partial charge on any atom is -0.445 e. The molecule has 0 spiro atoms. The number of benzene rings is 1. The Balaban J connectivity index is 1.92. The average Bonchev–Trinajstić information content (AvgIpc) is 2.70. The van der Waals surface area contributed by atoms with Crippen LogP contribution in [0.4, 0.5) is 4.79 Å². The van der Waals surface area contributed by atoms with Gasteiger partial charge in [0, 0.05) is 6.54 Å². The number of rotatable bonds is 16. The number of nitrogens with one attached hydrogen (secondary N) is 1. The predicted molar refractivity (Wildman–Crippen MR) is 106 cm³/mol. The molecule has 0 bridgehead atoms. The van der Waals surface area contributed by atoms with Crippen molar-refractivity contribution in [2.24, 2.45) is 0 Å². The van der Waals surface area contributed by atoms with Gasteiger partial charge in [0.05, 0.1) is 51.1 Å². The summed E-state index contributed by atoms with van der Waals surface area (Å²) in [6.07, 6.45) is 0.967. The van der Waals surface area contributed by atoms with Crippen LogP contribution in [0.1, 0.15) is 5.56 Å². The first kappa shape index (κ1) is 25.1. The maximum Gasteiger partial charge on any atom is 0.407 e. The highest BCUT2D eigenvalue weighted by Crippen LogP contribution is 2.12. The predicted octanol–water partition coefficient (Wildman–Crippen LogP) is 1.66. The van der Waals surface area contributed by atoms with E-state index in [1.165, 1.54) is 18.2 Å². The van der Waals surface area contributed by atoms with E-state index < -0.39 is 16.2 Å². The molecule has 1 rings (SSSR count). The second-order valence-corrected chi connectivity index (χ2v) is 7.36. The molecule has 0 aliphatic heterocycles. The summed E-state index contributed by atoms with van der Waals surface area (Å²) in [5.41, 5.74) is 0.971. The lowest BCUT2D eigenvalue weighted by Crippen LogP contribution is -2.28. The van der Waals surface area contributed by atoms with E-state index >= 15 is 0 Å². The third-order valence-electron chi connectivity index (χ3n) is 3.37. The summed E-state index contributed by atoms with van der Waals surface area (Å²) in [6, 6.07) is 6.43. The average molecular weight is 432 g/mol. The maximum absolute atomic E-state index is 12.0. The summed E-state index contributed by atoms with van der Waals surface area (Å²) in [5, 5.41) is 2.52. The molecule has 0 radical (unpaired) electrons. The smallest absolute Gasteiger partial charge is 0.407 e. The van der Waals surface area contributed by atoms with Crippen molar-refractivity contribution in [2.45, 2.75) is 11.8 Å². The Morgan fingerprint density at radius 2 is 1.52 bits per heavy atom. The second kappa shape index (κ2) is 14.9. The number of hydrogen-bond donors (Lipinski definition) is 1. The fourth-order valence-corrected chi connectivity index (χ4v) is 2.82. The SMILES string of the molecule is C=CCOC(=O)NCCOCCOCCOCCOS(=O)(=O)c1ccc(C)cc1. The molecule has 0 aliphatic carbocycles. The van der Waals surface area contributed by atoms with Crippen molar-refractivity contribution in [3.8, 4) is 0 Å². The Morgan fingerprint density at radius 1 is 0.966 bits per heavy atom. The van der Waals surface area contributed by atoms with Crippen molar-refractivity contribution >= 4 is 16.2 Å². The minimum absolute atomic E-state index is 0.0679. The summed E-state index contributed by atoms with van der Waals surface area (Å²) >= 11 is 0. The van der Waals surface area contributed by atoms with Gasteiger partial charge in [0.15, 0.2) is 0 Å². The lowest BCUT2D eigenvalue weighted by Gasteiger charge is -2.08. The van der Waals surface area contributed by atoms with Crippen LogP contribution in [-0.4, -0.2) is 73.9 Å². The zero-order chi connectivity index (χ0) is 21.4. The van der Waals surface area contributed by atoms with Crippen LogP contribution in [0, 0.1) is 6.92 Å². The fraction of sp³-hybridized carbons (Fsp3) is 0.526. The van der Waals surface area contributed by atoms with Gasteiger partial charge in [-0.05, 0) is 19.1 Å². The quantitative estimate of drug-likeness (QED) is 0.239. The van der Waals surface area contributed by atoms with Crippen molar-refractivity contribution in [3.05, 3.63) is 42.5 Å². The third kappa shape index (κ3) is 12.2. The van der Waals surface area contributed by atoms with Crippen molar-refractivity contribution in [1.29, 1.82) is 0 Å². The zero-order valence-corrected chi connectivity index (χ0v) is 17.4. The largest absolute Gasteiger partial charge is 0.445 e. The van der Waals surface area contributed by atoms with Crippen molar-refractivity contribution < 1.29 is 36.3 Å². The first-order valence-electron chi connectivity index (χ1n) is 9.16. The molecule has 1 amide bonds. The van der Waals surface area contributed by atoms with E-state index in [4.69, 9.17) is 23.1 Å². The highest BCUT2D eigenvalue weighted by Gasteiger charge is 2.14. The fourth-order valence-electron chi connectivity index (χ4n) is 1.93. The molecule has 164 valence electrons. The molecular formula is C19H29NO8S. The highest BCUT2D eigenvalue weighted by atomic mass is 32.2. The molecule has 0 unspecified atom stereocenters. The first-order valence-corrected chi connectivity index (χ1v) is 10.6. The van der Waals surface area contributed by atoms with Crippen LogP contribution < -0.4 is 5.32 Å². The first-order chi connectivity index (χ1) is 14.0. The number of amides is 1. The molecule has 0 aliphatic rings. The molecule has 0 fully saturated rings. The zero-order valence-electron chi connectivity index (χ0n) is 16.6. The van der Waals surface area contributed by atoms with Gasteiger partial charge in [-0.25, -0.2) is 4.79 Å². The molecule has 29 heavy (non-hydrogen) atoms. The van der Waals surface area contributed by atoms with Crippen LogP contribution in [0.3, 0.4) is 0 Å². The maximum atomic E-state index is 12.0. The minimum atomic E-state index is -3.77. The molecule has 1 N–H and O–H groups in total. The summed E-state index contributed by atoms with van der Waals surface area (Å²) in [6.45, 7) is 7.64. The van der Waals surface area contributed by atoms with Gasteiger partial charge in [-0.15, -0.1) is 0 Å². The third-order valence-corrected chi connectivity index (χ3v) is 4.69. The van der Waals surface area contributed by atoms with E-state index in [1.54, 1.807) is 12.1 Å². The number of aryl methyl sites for hydroxylation is 1. The van der Waals surface area contributed by atoms with Crippen molar-refractivity contribution in [1.82, 2.24) is 5.32 Å². The van der Waals surface area contributed by atoms with Gasteiger partial charge in [0.25, 0.3) is 10.1 Å². The van der Waals surface area contributed by atoms with Crippen LogP contribution in [0.15, 0.2) is 41.8 Å². The standard InChI is InChI=1S/C19H29NO8S/c1-3-9-27-19(21)20-8-10-24-11-12-25-13-14-26-15-16-28-29(22,23)18-6-4-17(2)5-7-18/h3-7H,1,8-16H2,2H3,(H,20,21). The lowest BCUT2D eigenvalue weighted by atomic mass is 10.2. The molecule has 10 heteroatoms. The Labute approximate surface area is 172 Å². The molecular weight excluding hydrogens is 402 g/mol. The number of carbonyl (C=O) groups excluding carboxylic acids is 1. The van der Waals surface area contributed by atoms with E-state index in [9.17, 15) is 13.2 Å². The van der Waals surface area contributed by atoms with Gasteiger partial charge in [0.1, 0.15) is 6.61 Å². The number of alkyl carbamates (subject to hydrolysis) is 1. The topological polar surface area (TPSA) is 109 Å². The number of carbonyl (C=O) groups is 1. The Bertz CT molecular complexity index is 691. The number of hydrogen-bond acceptors (Lipinski definition) is 8. The highest BCUT2D eigenvalue weighted by molar-refractivity contribution is 7.86. The molecule has 0 aromatic heterocycles. The molecule has 1 aromatic carbocycles. The molecule has 0 saturated carbocycles. The Hall–Kier alpha value is -1.98. The van der Waals surface area contributed by atoms with Gasteiger partial charge in [-0.3, -0.25) is 4.18 Å². The normalized spacial score (nSPS) is 11.2. The molecule has 0 atom stereocenters. The molecule has 1 aromatic rings. The van der Waals surface area contributed by atoms with Crippen LogP contribution >= 0.6 is 0 Å². The van der Waals surface area contributed by atoms with E-state index in [0.717, 1.165) is 5.56 Å². The van der Waals surface area contributed by atoms with E-state index in [-0.39, 0.29) is 24.7 Å². The van der Waals surface area contributed by atoms with Crippen LogP contribution in [-0.2, 0) is 33.2 Å². The van der Waals surface area contributed by atoms with Crippen molar-refractivity contribution in [2.75, 3.05) is 59.4 Å². The summed E-state index contributed by atoms with van der Waals surface area (Å²) in [5.74, 6) is 0. The Kier molecular flexibility index (Phi) is 12.9. The van der Waals surface area contributed by atoms with E-state index in [0.29, 0.717) is 39.6 Å². The Morgan fingerprint density at radius 3 is 2.10 bits per heavy atom. The molecule has 0 heterocycles. The van der Waals surface area contributed by atoms with Gasteiger partial charge >= 0.3 is 6.09 Å². The monoisotopic (exact) mass is 431 g/mol. The van der Waals surface area contributed by atoms with Gasteiger partial charge in [-0.1, -0.05) is 30.4 Å². The summed E-state index contributed by atoms with van der Waals surface area (Å²) in [7, 11) is -3.77. The van der Waals surface area contributed by atoms with Crippen LogP contribution in [0.2, 0.25) is 0 Å². The second-order valence-electron chi connectivity index (χ2n) is 5.74. The summed E-state index contributed by atoms with van der Waals surface area (Å²) < 4.78 is 49.4. The molecule has 0 saturated heterocycles.